The largest absolute Gasteiger partial charge is 0.378 e. The molecule has 1 aromatic carbocycles. The van der Waals surface area contributed by atoms with E-state index >= 15 is 0 Å². The molecule has 0 spiro atoms. The Morgan fingerprint density at radius 3 is 2.34 bits per heavy atom. The molecule has 2 heterocycles. The maximum Gasteiger partial charge on any atom is 0.236 e. The van der Waals surface area contributed by atoms with Gasteiger partial charge in [-0.2, -0.15) is 0 Å². The Hall–Kier alpha value is -1.38. The van der Waals surface area contributed by atoms with Crippen molar-refractivity contribution in [1.29, 1.82) is 0 Å². The van der Waals surface area contributed by atoms with Crippen LogP contribution in [0.25, 0.3) is 0 Å². The Balaban J connectivity index is 1.41. The molecule has 0 saturated carbocycles. The first-order chi connectivity index (χ1) is 13.9. The number of rotatable bonds is 6. The molecular formula is C20H28Cl2N4O3. The number of morpholine rings is 1. The lowest BCUT2D eigenvalue weighted by Gasteiger charge is -2.36. The number of amides is 2. The van der Waals surface area contributed by atoms with E-state index in [9.17, 15) is 9.59 Å². The highest BCUT2D eigenvalue weighted by Gasteiger charge is 2.25. The van der Waals surface area contributed by atoms with Crippen LogP contribution in [0.15, 0.2) is 18.2 Å². The number of carbonyl (C=O) groups is 2. The predicted octanol–water partition coefficient (Wildman–Crippen LogP) is 1.43. The molecule has 0 bridgehead atoms. The van der Waals surface area contributed by atoms with Gasteiger partial charge in [0.1, 0.15) is 0 Å². The summed E-state index contributed by atoms with van der Waals surface area (Å²) in [7, 11) is 1.90. The van der Waals surface area contributed by atoms with Gasteiger partial charge in [-0.15, -0.1) is 0 Å². The summed E-state index contributed by atoms with van der Waals surface area (Å²) in [6.07, 6.45) is 0. The van der Waals surface area contributed by atoms with E-state index in [2.05, 4.69) is 4.90 Å². The Labute approximate surface area is 182 Å². The third-order valence-corrected chi connectivity index (χ3v) is 6.18. The molecule has 2 aliphatic heterocycles. The minimum atomic E-state index is 0.0878. The van der Waals surface area contributed by atoms with Crippen molar-refractivity contribution in [3.63, 3.8) is 0 Å². The Kier molecular flexibility index (Phi) is 8.15. The molecule has 0 aliphatic carbocycles. The van der Waals surface area contributed by atoms with Crippen LogP contribution in [0.4, 0.5) is 0 Å². The highest BCUT2D eigenvalue weighted by molar-refractivity contribution is 6.42. The minimum Gasteiger partial charge on any atom is -0.378 e. The van der Waals surface area contributed by atoms with Gasteiger partial charge in [0.05, 0.1) is 36.3 Å². The van der Waals surface area contributed by atoms with Crippen LogP contribution in [-0.4, -0.2) is 104 Å². The molecule has 7 nitrogen and oxygen atoms in total. The molecule has 3 rings (SSSR count). The fourth-order valence-corrected chi connectivity index (χ4v) is 3.99. The molecule has 0 aromatic heterocycles. The normalized spacial score (nSPS) is 18.3. The highest BCUT2D eigenvalue weighted by Crippen LogP contribution is 2.26. The second-order valence-electron chi connectivity index (χ2n) is 7.54. The van der Waals surface area contributed by atoms with Crippen molar-refractivity contribution in [2.75, 3.05) is 72.6 Å². The number of benzene rings is 1. The summed E-state index contributed by atoms with van der Waals surface area (Å²) in [6.45, 7) is 6.55. The molecule has 2 aliphatic rings. The first-order valence-electron chi connectivity index (χ1n) is 9.91. The summed E-state index contributed by atoms with van der Waals surface area (Å²) < 4.78 is 5.29. The molecule has 0 unspecified atom stereocenters. The SMILES string of the molecule is CN(CC(=O)N1CCN(CC(=O)N2CCOCC2)CC1)Cc1cccc(Cl)c1Cl. The molecule has 9 heteroatoms. The number of hydrogen-bond acceptors (Lipinski definition) is 5. The van der Waals surface area contributed by atoms with Gasteiger partial charge in [-0.1, -0.05) is 35.3 Å². The van der Waals surface area contributed by atoms with Gasteiger partial charge in [0, 0.05) is 45.8 Å². The van der Waals surface area contributed by atoms with E-state index in [1.165, 1.54) is 0 Å². The molecule has 2 amide bonds. The second kappa shape index (κ2) is 10.6. The van der Waals surface area contributed by atoms with Crippen LogP contribution >= 0.6 is 23.2 Å². The Morgan fingerprint density at radius 2 is 1.66 bits per heavy atom. The number of ether oxygens (including phenoxy) is 1. The number of carbonyl (C=O) groups excluding carboxylic acids is 2. The third kappa shape index (κ3) is 6.30. The summed E-state index contributed by atoms with van der Waals surface area (Å²) in [5, 5.41) is 1.05. The molecule has 0 atom stereocenters. The average molecular weight is 443 g/mol. The summed E-state index contributed by atoms with van der Waals surface area (Å²) >= 11 is 12.3. The Bertz CT molecular complexity index is 720. The van der Waals surface area contributed by atoms with Crippen molar-refractivity contribution in [2.45, 2.75) is 6.54 Å². The van der Waals surface area contributed by atoms with Gasteiger partial charge in [-0.05, 0) is 18.7 Å². The molecule has 160 valence electrons. The first-order valence-corrected chi connectivity index (χ1v) is 10.7. The quantitative estimate of drug-likeness (QED) is 0.666. The van der Waals surface area contributed by atoms with Crippen molar-refractivity contribution in [2.24, 2.45) is 0 Å². The maximum atomic E-state index is 12.6. The van der Waals surface area contributed by atoms with E-state index < -0.39 is 0 Å². The summed E-state index contributed by atoms with van der Waals surface area (Å²) in [5.41, 5.74) is 0.904. The zero-order valence-electron chi connectivity index (χ0n) is 16.8. The van der Waals surface area contributed by atoms with Crippen LogP contribution in [0.1, 0.15) is 5.56 Å². The van der Waals surface area contributed by atoms with E-state index in [-0.39, 0.29) is 11.8 Å². The summed E-state index contributed by atoms with van der Waals surface area (Å²) in [6, 6.07) is 5.53. The fourth-order valence-electron chi connectivity index (χ4n) is 3.61. The van der Waals surface area contributed by atoms with Crippen molar-refractivity contribution >= 4 is 35.0 Å². The summed E-state index contributed by atoms with van der Waals surface area (Å²) in [5.74, 6) is 0.232. The van der Waals surface area contributed by atoms with Crippen LogP contribution in [0, 0.1) is 0 Å². The molecular weight excluding hydrogens is 415 g/mol. The number of hydrogen-bond donors (Lipinski definition) is 0. The van der Waals surface area contributed by atoms with E-state index in [4.69, 9.17) is 27.9 Å². The Morgan fingerprint density at radius 1 is 1.00 bits per heavy atom. The zero-order chi connectivity index (χ0) is 20.8. The molecule has 0 radical (unpaired) electrons. The number of likely N-dealkylation sites (N-methyl/N-ethyl adjacent to an activating group) is 1. The van der Waals surface area contributed by atoms with E-state index in [1.54, 1.807) is 6.07 Å². The van der Waals surface area contributed by atoms with Gasteiger partial charge < -0.3 is 14.5 Å². The van der Waals surface area contributed by atoms with Gasteiger partial charge in [0.2, 0.25) is 11.8 Å². The highest BCUT2D eigenvalue weighted by atomic mass is 35.5. The zero-order valence-corrected chi connectivity index (χ0v) is 18.3. The number of halogens is 2. The third-order valence-electron chi connectivity index (χ3n) is 5.32. The van der Waals surface area contributed by atoms with Gasteiger partial charge in [-0.3, -0.25) is 19.4 Å². The van der Waals surface area contributed by atoms with Crippen LogP contribution in [-0.2, 0) is 20.9 Å². The number of nitrogens with zero attached hydrogens (tertiary/aromatic N) is 4. The fraction of sp³-hybridized carbons (Fsp3) is 0.600. The van der Waals surface area contributed by atoms with E-state index in [1.807, 2.05) is 33.9 Å². The van der Waals surface area contributed by atoms with Gasteiger partial charge in [-0.25, -0.2) is 0 Å². The van der Waals surface area contributed by atoms with Crippen molar-refractivity contribution < 1.29 is 14.3 Å². The lowest BCUT2D eigenvalue weighted by Crippen LogP contribution is -2.53. The molecule has 1 aromatic rings. The smallest absolute Gasteiger partial charge is 0.236 e. The first kappa shape index (κ1) is 22.3. The van der Waals surface area contributed by atoms with E-state index in [0.717, 1.165) is 5.56 Å². The van der Waals surface area contributed by atoms with Gasteiger partial charge in [0.15, 0.2) is 0 Å². The predicted molar refractivity (Wildman–Crippen MR) is 113 cm³/mol. The number of piperazine rings is 1. The molecule has 2 saturated heterocycles. The topological polar surface area (TPSA) is 56.3 Å². The monoisotopic (exact) mass is 442 g/mol. The maximum absolute atomic E-state index is 12.6. The van der Waals surface area contributed by atoms with Crippen molar-refractivity contribution in [3.8, 4) is 0 Å². The van der Waals surface area contributed by atoms with Gasteiger partial charge >= 0.3 is 0 Å². The second-order valence-corrected chi connectivity index (χ2v) is 8.32. The van der Waals surface area contributed by atoms with Crippen LogP contribution < -0.4 is 0 Å². The van der Waals surface area contributed by atoms with Crippen LogP contribution in [0.2, 0.25) is 10.0 Å². The van der Waals surface area contributed by atoms with Crippen molar-refractivity contribution in [1.82, 2.24) is 19.6 Å². The van der Waals surface area contributed by atoms with E-state index in [0.29, 0.717) is 82.2 Å². The van der Waals surface area contributed by atoms with Crippen LogP contribution in [0.5, 0.6) is 0 Å². The lowest BCUT2D eigenvalue weighted by atomic mass is 10.2. The van der Waals surface area contributed by atoms with Crippen molar-refractivity contribution in [3.05, 3.63) is 33.8 Å². The average Bonchev–Trinajstić information content (AvgIpc) is 2.72. The van der Waals surface area contributed by atoms with Gasteiger partial charge in [0.25, 0.3) is 0 Å². The van der Waals surface area contributed by atoms with Crippen LogP contribution in [0.3, 0.4) is 0 Å². The molecule has 2 fully saturated rings. The lowest BCUT2D eigenvalue weighted by molar-refractivity contribution is -0.138. The summed E-state index contributed by atoms with van der Waals surface area (Å²) in [4.78, 5) is 32.8. The minimum absolute atomic E-state index is 0.0878. The molecule has 0 N–H and O–H groups in total. The standard InChI is InChI=1S/C20H28Cl2N4O3/c1-23(13-16-3-2-4-17(21)20(16)22)14-18(27)25-7-5-24(6-8-25)15-19(28)26-9-11-29-12-10-26/h2-4H,5-15H2,1H3. The molecule has 29 heavy (non-hydrogen) atoms.